The standard InChI is InChI=1S/C15H24N2O/c1-13-4-3-5-15(10-13)18-12-14(2)11-17-8-6-16-7-9-17/h3-5,10,14,16H,6-9,11-12H2,1-2H3. The summed E-state index contributed by atoms with van der Waals surface area (Å²) < 4.78 is 5.85. The van der Waals surface area contributed by atoms with E-state index in [1.54, 1.807) is 0 Å². The highest BCUT2D eigenvalue weighted by Crippen LogP contribution is 2.13. The first-order valence-electron chi connectivity index (χ1n) is 6.86. The van der Waals surface area contributed by atoms with Gasteiger partial charge in [0.2, 0.25) is 0 Å². The Morgan fingerprint density at radius 3 is 2.83 bits per heavy atom. The fraction of sp³-hybridized carbons (Fsp3) is 0.600. The number of ether oxygens (including phenoxy) is 1. The molecule has 1 atom stereocenters. The lowest BCUT2D eigenvalue weighted by atomic mass is 10.1. The summed E-state index contributed by atoms with van der Waals surface area (Å²) >= 11 is 0. The summed E-state index contributed by atoms with van der Waals surface area (Å²) in [6.45, 7) is 10.8. The Hall–Kier alpha value is -1.06. The highest BCUT2D eigenvalue weighted by molar-refractivity contribution is 5.27. The maximum Gasteiger partial charge on any atom is 0.119 e. The van der Waals surface area contributed by atoms with Crippen LogP contribution in [0.3, 0.4) is 0 Å². The maximum atomic E-state index is 5.85. The van der Waals surface area contributed by atoms with E-state index in [0.29, 0.717) is 5.92 Å². The summed E-state index contributed by atoms with van der Waals surface area (Å²) in [5.41, 5.74) is 1.25. The first kappa shape index (κ1) is 13.4. The van der Waals surface area contributed by atoms with Crippen molar-refractivity contribution in [1.82, 2.24) is 10.2 Å². The van der Waals surface area contributed by atoms with E-state index >= 15 is 0 Å². The predicted molar refractivity (Wildman–Crippen MR) is 75.1 cm³/mol. The molecular formula is C15H24N2O. The molecule has 2 rings (SSSR count). The van der Waals surface area contributed by atoms with Crippen molar-refractivity contribution in [3.8, 4) is 5.75 Å². The van der Waals surface area contributed by atoms with Gasteiger partial charge in [0.1, 0.15) is 5.75 Å². The van der Waals surface area contributed by atoms with E-state index in [9.17, 15) is 0 Å². The number of nitrogens with zero attached hydrogens (tertiary/aromatic N) is 1. The zero-order chi connectivity index (χ0) is 12.8. The van der Waals surface area contributed by atoms with Gasteiger partial charge in [-0.05, 0) is 24.6 Å². The molecule has 1 aliphatic rings. The van der Waals surface area contributed by atoms with Gasteiger partial charge in [-0.25, -0.2) is 0 Å². The average Bonchev–Trinajstić information content (AvgIpc) is 2.38. The number of benzene rings is 1. The molecule has 1 N–H and O–H groups in total. The van der Waals surface area contributed by atoms with Crippen LogP contribution >= 0.6 is 0 Å². The van der Waals surface area contributed by atoms with E-state index < -0.39 is 0 Å². The fourth-order valence-corrected chi connectivity index (χ4v) is 2.33. The Bertz CT molecular complexity index is 361. The molecule has 1 aromatic rings. The smallest absolute Gasteiger partial charge is 0.119 e. The molecule has 0 aliphatic carbocycles. The number of hydrogen-bond acceptors (Lipinski definition) is 3. The van der Waals surface area contributed by atoms with Crippen LogP contribution in [0.4, 0.5) is 0 Å². The third-order valence-corrected chi connectivity index (χ3v) is 3.30. The molecule has 1 heterocycles. The molecular weight excluding hydrogens is 224 g/mol. The molecule has 1 unspecified atom stereocenters. The SMILES string of the molecule is Cc1cccc(OCC(C)CN2CCNCC2)c1. The summed E-state index contributed by atoms with van der Waals surface area (Å²) in [5, 5.41) is 3.38. The maximum absolute atomic E-state index is 5.85. The predicted octanol–water partition coefficient (Wildman–Crippen LogP) is 1.92. The summed E-state index contributed by atoms with van der Waals surface area (Å²) in [4.78, 5) is 2.51. The minimum absolute atomic E-state index is 0.573. The zero-order valence-corrected chi connectivity index (χ0v) is 11.5. The number of aryl methyl sites for hydroxylation is 1. The highest BCUT2D eigenvalue weighted by Gasteiger charge is 2.13. The second kappa shape index (κ2) is 6.76. The molecule has 0 aromatic heterocycles. The van der Waals surface area contributed by atoms with E-state index in [2.05, 4.69) is 36.2 Å². The fourth-order valence-electron chi connectivity index (χ4n) is 2.33. The normalized spacial score (nSPS) is 18.6. The van der Waals surface area contributed by atoms with Gasteiger partial charge in [0, 0.05) is 38.6 Å². The van der Waals surface area contributed by atoms with E-state index in [0.717, 1.165) is 45.1 Å². The van der Waals surface area contributed by atoms with Crippen LogP contribution in [0.15, 0.2) is 24.3 Å². The Balaban J connectivity index is 1.72. The van der Waals surface area contributed by atoms with Crippen molar-refractivity contribution in [2.24, 2.45) is 5.92 Å². The molecule has 100 valence electrons. The molecule has 1 saturated heterocycles. The Morgan fingerprint density at radius 2 is 2.11 bits per heavy atom. The largest absolute Gasteiger partial charge is 0.493 e. The molecule has 0 amide bonds. The van der Waals surface area contributed by atoms with E-state index in [1.165, 1.54) is 5.56 Å². The minimum atomic E-state index is 0.573. The van der Waals surface area contributed by atoms with Crippen LogP contribution in [0.25, 0.3) is 0 Å². The summed E-state index contributed by atoms with van der Waals surface area (Å²) in [7, 11) is 0. The quantitative estimate of drug-likeness (QED) is 0.861. The van der Waals surface area contributed by atoms with Crippen LogP contribution in [-0.4, -0.2) is 44.2 Å². The molecule has 1 aliphatic heterocycles. The van der Waals surface area contributed by atoms with Crippen molar-refractivity contribution in [1.29, 1.82) is 0 Å². The third kappa shape index (κ3) is 4.31. The van der Waals surface area contributed by atoms with Gasteiger partial charge in [0.25, 0.3) is 0 Å². The molecule has 1 aromatic carbocycles. The zero-order valence-electron chi connectivity index (χ0n) is 11.5. The van der Waals surface area contributed by atoms with E-state index in [4.69, 9.17) is 4.74 Å². The van der Waals surface area contributed by atoms with Gasteiger partial charge in [-0.3, -0.25) is 0 Å². The first-order chi connectivity index (χ1) is 8.74. The lowest BCUT2D eigenvalue weighted by Crippen LogP contribution is -2.45. The molecule has 3 nitrogen and oxygen atoms in total. The molecule has 0 bridgehead atoms. The van der Waals surface area contributed by atoms with Crippen LogP contribution in [0.1, 0.15) is 12.5 Å². The molecule has 0 saturated carbocycles. The van der Waals surface area contributed by atoms with E-state index in [1.807, 2.05) is 12.1 Å². The lowest BCUT2D eigenvalue weighted by molar-refractivity contribution is 0.171. The number of nitrogens with one attached hydrogen (secondary N) is 1. The van der Waals surface area contributed by atoms with Gasteiger partial charge in [0.05, 0.1) is 6.61 Å². The number of rotatable bonds is 5. The Labute approximate surface area is 110 Å². The third-order valence-electron chi connectivity index (χ3n) is 3.30. The van der Waals surface area contributed by atoms with Crippen molar-refractivity contribution < 1.29 is 4.74 Å². The molecule has 1 fully saturated rings. The average molecular weight is 248 g/mol. The van der Waals surface area contributed by atoms with Crippen LogP contribution in [0.2, 0.25) is 0 Å². The number of piperazine rings is 1. The molecule has 3 heteroatoms. The molecule has 18 heavy (non-hydrogen) atoms. The second-order valence-corrected chi connectivity index (χ2v) is 5.28. The summed E-state index contributed by atoms with van der Waals surface area (Å²) in [6.07, 6.45) is 0. The summed E-state index contributed by atoms with van der Waals surface area (Å²) in [5.74, 6) is 1.56. The van der Waals surface area contributed by atoms with Crippen molar-refractivity contribution in [3.63, 3.8) is 0 Å². The van der Waals surface area contributed by atoms with Crippen LogP contribution < -0.4 is 10.1 Å². The second-order valence-electron chi connectivity index (χ2n) is 5.28. The minimum Gasteiger partial charge on any atom is -0.493 e. The topological polar surface area (TPSA) is 24.5 Å². The Kier molecular flexibility index (Phi) is 5.02. The molecule has 0 radical (unpaired) electrons. The van der Waals surface area contributed by atoms with Gasteiger partial charge in [-0.15, -0.1) is 0 Å². The lowest BCUT2D eigenvalue weighted by Gasteiger charge is -2.29. The van der Waals surface area contributed by atoms with Gasteiger partial charge >= 0.3 is 0 Å². The molecule has 0 spiro atoms. The van der Waals surface area contributed by atoms with Gasteiger partial charge in [-0.1, -0.05) is 19.1 Å². The van der Waals surface area contributed by atoms with Gasteiger partial charge in [0.15, 0.2) is 0 Å². The first-order valence-corrected chi connectivity index (χ1v) is 6.86. The highest BCUT2D eigenvalue weighted by atomic mass is 16.5. The number of hydrogen-bond donors (Lipinski definition) is 1. The van der Waals surface area contributed by atoms with Crippen molar-refractivity contribution in [2.75, 3.05) is 39.3 Å². The van der Waals surface area contributed by atoms with Crippen LogP contribution in [0.5, 0.6) is 5.75 Å². The summed E-state index contributed by atoms with van der Waals surface area (Å²) in [6, 6.07) is 8.27. The van der Waals surface area contributed by atoms with Gasteiger partial charge in [-0.2, -0.15) is 0 Å². The van der Waals surface area contributed by atoms with Gasteiger partial charge < -0.3 is 15.0 Å². The van der Waals surface area contributed by atoms with Crippen molar-refractivity contribution in [2.45, 2.75) is 13.8 Å². The van der Waals surface area contributed by atoms with Crippen LogP contribution in [0, 0.1) is 12.8 Å². The van der Waals surface area contributed by atoms with Crippen LogP contribution in [-0.2, 0) is 0 Å². The van der Waals surface area contributed by atoms with Crippen molar-refractivity contribution in [3.05, 3.63) is 29.8 Å². The Morgan fingerprint density at radius 1 is 1.33 bits per heavy atom. The van der Waals surface area contributed by atoms with Crippen molar-refractivity contribution >= 4 is 0 Å². The van der Waals surface area contributed by atoms with E-state index in [-0.39, 0.29) is 0 Å². The monoisotopic (exact) mass is 248 g/mol.